The summed E-state index contributed by atoms with van der Waals surface area (Å²) >= 11 is 0. The van der Waals surface area contributed by atoms with E-state index in [-0.39, 0.29) is 6.23 Å². The molecule has 3 unspecified atom stereocenters. The van der Waals surface area contributed by atoms with Gasteiger partial charge < -0.3 is 10.0 Å². The number of hydrogen-bond donors (Lipinski definition) is 1. The highest BCUT2D eigenvalue weighted by Gasteiger charge is 2.35. The molecule has 0 bridgehead atoms. The summed E-state index contributed by atoms with van der Waals surface area (Å²) in [5, 5.41) is 9.47. The topological polar surface area (TPSA) is 23.5 Å². The number of rotatable bonds is 0. The second kappa shape index (κ2) is 2.27. The molecule has 1 aliphatic rings. The molecule has 1 rings (SSSR count). The quantitative estimate of drug-likeness (QED) is 0.544. The van der Waals surface area contributed by atoms with E-state index >= 15 is 0 Å². The molecule has 0 radical (unpaired) electrons. The highest BCUT2D eigenvalue weighted by molar-refractivity contribution is 5.07. The van der Waals surface area contributed by atoms with Crippen LogP contribution in [0.2, 0.25) is 0 Å². The van der Waals surface area contributed by atoms with Crippen molar-refractivity contribution in [3.8, 4) is 0 Å². The smallest absolute Gasteiger partial charge is 0.129 e. The predicted molar refractivity (Wildman–Crippen MR) is 41.2 cm³/mol. The number of hydrogen-bond acceptors (Lipinski definition) is 2. The van der Waals surface area contributed by atoms with E-state index in [4.69, 9.17) is 0 Å². The lowest BCUT2D eigenvalue weighted by molar-refractivity contribution is 0.0348. The van der Waals surface area contributed by atoms with E-state index in [0.29, 0.717) is 11.8 Å². The SMILES string of the molecule is C=C1C(C)C(C)C(O)N1C. The minimum absolute atomic E-state index is 0.317. The van der Waals surface area contributed by atoms with E-state index in [0.717, 1.165) is 5.70 Å². The third-order valence-electron chi connectivity index (χ3n) is 2.63. The summed E-state index contributed by atoms with van der Waals surface area (Å²) in [6, 6.07) is 0. The number of aliphatic hydroxyl groups is 1. The number of allylic oxidation sites excluding steroid dienone is 1. The third-order valence-corrected chi connectivity index (χ3v) is 2.63. The lowest BCUT2D eigenvalue weighted by Gasteiger charge is -2.18. The molecule has 3 atom stereocenters. The molecule has 1 heterocycles. The van der Waals surface area contributed by atoms with Crippen molar-refractivity contribution in [1.82, 2.24) is 4.90 Å². The van der Waals surface area contributed by atoms with Gasteiger partial charge in [-0.1, -0.05) is 20.4 Å². The van der Waals surface area contributed by atoms with Crippen LogP contribution >= 0.6 is 0 Å². The van der Waals surface area contributed by atoms with Crippen LogP contribution in [0.4, 0.5) is 0 Å². The maximum absolute atomic E-state index is 9.47. The Hall–Kier alpha value is -0.500. The van der Waals surface area contributed by atoms with Gasteiger partial charge in [0.05, 0.1) is 0 Å². The van der Waals surface area contributed by atoms with Crippen molar-refractivity contribution in [2.75, 3.05) is 7.05 Å². The lowest BCUT2D eigenvalue weighted by atomic mass is 9.97. The van der Waals surface area contributed by atoms with Crippen LogP contribution in [-0.2, 0) is 0 Å². The van der Waals surface area contributed by atoms with Gasteiger partial charge in [0, 0.05) is 24.6 Å². The van der Waals surface area contributed by atoms with Crippen molar-refractivity contribution >= 4 is 0 Å². The van der Waals surface area contributed by atoms with Gasteiger partial charge in [-0.05, 0) is 0 Å². The highest BCUT2D eigenvalue weighted by atomic mass is 16.3. The fraction of sp³-hybridized carbons (Fsp3) is 0.750. The van der Waals surface area contributed by atoms with Gasteiger partial charge in [-0.15, -0.1) is 0 Å². The van der Waals surface area contributed by atoms with Crippen LogP contribution in [-0.4, -0.2) is 23.3 Å². The Morgan fingerprint density at radius 3 is 2.10 bits per heavy atom. The predicted octanol–water partition coefficient (Wildman–Crippen LogP) is 1.04. The highest BCUT2D eigenvalue weighted by Crippen LogP contribution is 2.33. The maximum atomic E-state index is 9.47. The minimum Gasteiger partial charge on any atom is -0.373 e. The molecule has 1 fully saturated rings. The summed E-state index contributed by atoms with van der Waals surface area (Å²) in [4.78, 5) is 1.84. The van der Waals surface area contributed by atoms with Crippen molar-refractivity contribution in [1.29, 1.82) is 0 Å². The first-order valence-electron chi connectivity index (χ1n) is 3.65. The van der Waals surface area contributed by atoms with Crippen molar-refractivity contribution in [2.24, 2.45) is 11.8 Å². The largest absolute Gasteiger partial charge is 0.373 e. The van der Waals surface area contributed by atoms with Gasteiger partial charge in [0.25, 0.3) is 0 Å². The molecule has 2 heteroatoms. The minimum atomic E-state index is -0.331. The van der Waals surface area contributed by atoms with Crippen LogP contribution in [0.1, 0.15) is 13.8 Å². The second-order valence-electron chi connectivity index (χ2n) is 3.16. The Morgan fingerprint density at radius 1 is 1.50 bits per heavy atom. The van der Waals surface area contributed by atoms with Gasteiger partial charge in [-0.25, -0.2) is 0 Å². The monoisotopic (exact) mass is 141 g/mol. The zero-order valence-corrected chi connectivity index (χ0v) is 6.83. The molecule has 0 saturated carbocycles. The molecule has 0 spiro atoms. The molecule has 58 valence electrons. The zero-order chi connectivity index (χ0) is 7.89. The standard InChI is InChI=1S/C8H15NO/c1-5-6(2)8(10)9(4)7(5)3/h5-6,8,10H,3H2,1-2,4H3. The fourth-order valence-corrected chi connectivity index (χ4v) is 1.41. The van der Waals surface area contributed by atoms with Crippen LogP contribution in [0.3, 0.4) is 0 Å². The van der Waals surface area contributed by atoms with Gasteiger partial charge in [0.2, 0.25) is 0 Å². The molecule has 0 aliphatic carbocycles. The molecule has 1 aliphatic heterocycles. The molecule has 10 heavy (non-hydrogen) atoms. The first-order valence-corrected chi connectivity index (χ1v) is 3.65. The van der Waals surface area contributed by atoms with Crippen molar-refractivity contribution in [3.63, 3.8) is 0 Å². The first kappa shape index (κ1) is 7.61. The summed E-state index contributed by atoms with van der Waals surface area (Å²) in [5.74, 6) is 0.734. The summed E-state index contributed by atoms with van der Waals surface area (Å²) in [6.45, 7) is 8.03. The van der Waals surface area contributed by atoms with Crippen LogP contribution in [0.25, 0.3) is 0 Å². The molecule has 0 aromatic heterocycles. The average molecular weight is 141 g/mol. The van der Waals surface area contributed by atoms with E-state index in [9.17, 15) is 5.11 Å². The summed E-state index contributed by atoms with van der Waals surface area (Å²) in [5.41, 5.74) is 1.04. The lowest BCUT2D eigenvalue weighted by Crippen LogP contribution is -2.26. The van der Waals surface area contributed by atoms with E-state index < -0.39 is 0 Å². The summed E-state index contributed by atoms with van der Waals surface area (Å²) in [6.07, 6.45) is -0.331. The second-order valence-corrected chi connectivity index (χ2v) is 3.16. The van der Waals surface area contributed by atoms with Crippen LogP contribution < -0.4 is 0 Å². The molecule has 0 aromatic rings. The van der Waals surface area contributed by atoms with Crippen molar-refractivity contribution < 1.29 is 5.11 Å². The van der Waals surface area contributed by atoms with Gasteiger partial charge >= 0.3 is 0 Å². The molecular weight excluding hydrogens is 126 g/mol. The Morgan fingerprint density at radius 2 is 2.00 bits per heavy atom. The third kappa shape index (κ3) is 0.833. The van der Waals surface area contributed by atoms with Crippen molar-refractivity contribution in [3.05, 3.63) is 12.3 Å². The molecule has 2 nitrogen and oxygen atoms in total. The fourth-order valence-electron chi connectivity index (χ4n) is 1.41. The Bertz CT molecular complexity index is 139. The average Bonchev–Trinajstić information content (AvgIpc) is 2.07. The number of likely N-dealkylation sites (tertiary alicyclic amines) is 1. The molecule has 0 aromatic carbocycles. The van der Waals surface area contributed by atoms with Gasteiger partial charge in [0.1, 0.15) is 6.23 Å². The van der Waals surface area contributed by atoms with E-state index in [1.165, 1.54) is 0 Å². The van der Waals surface area contributed by atoms with Crippen LogP contribution in [0.5, 0.6) is 0 Å². The van der Waals surface area contributed by atoms with Gasteiger partial charge in [-0.2, -0.15) is 0 Å². The number of aliphatic hydroxyl groups excluding tert-OH is 1. The van der Waals surface area contributed by atoms with E-state index in [2.05, 4.69) is 13.5 Å². The summed E-state index contributed by atoms with van der Waals surface area (Å²) < 4.78 is 0. The number of nitrogens with zero attached hydrogens (tertiary/aromatic N) is 1. The van der Waals surface area contributed by atoms with E-state index in [1.807, 2.05) is 18.9 Å². The van der Waals surface area contributed by atoms with Gasteiger partial charge in [-0.3, -0.25) is 0 Å². The van der Waals surface area contributed by atoms with Crippen molar-refractivity contribution in [2.45, 2.75) is 20.1 Å². The molecule has 1 saturated heterocycles. The van der Waals surface area contributed by atoms with Gasteiger partial charge in [0.15, 0.2) is 0 Å². The maximum Gasteiger partial charge on any atom is 0.129 e. The Kier molecular flexibility index (Phi) is 1.73. The Labute approximate surface area is 62.2 Å². The van der Waals surface area contributed by atoms with Crippen LogP contribution in [0.15, 0.2) is 12.3 Å². The molecular formula is C8H15NO. The zero-order valence-electron chi connectivity index (χ0n) is 6.83. The first-order chi connectivity index (χ1) is 4.55. The van der Waals surface area contributed by atoms with E-state index in [1.54, 1.807) is 0 Å². The molecule has 1 N–H and O–H groups in total. The Balaban J connectivity index is 2.78. The summed E-state index contributed by atoms with van der Waals surface area (Å²) in [7, 11) is 1.88. The molecule has 0 amide bonds. The normalized spacial score (nSPS) is 41.0. The van der Waals surface area contributed by atoms with Crippen LogP contribution in [0, 0.1) is 11.8 Å².